The lowest BCUT2D eigenvalue weighted by Crippen LogP contribution is -2.15. The zero-order valence-corrected chi connectivity index (χ0v) is 9.19. The lowest BCUT2D eigenvalue weighted by molar-refractivity contribution is -0.116. The van der Waals surface area contributed by atoms with Gasteiger partial charge in [-0.25, -0.2) is 4.98 Å². The standard InChI is InChI=1S/C12H16N2O2/c15-12(7-6-10-4-3-9-16-10)14-11-5-1-2-8-13-11/h1-2,5,8,10H,3-4,6-7,9H2,(H,13,14,15)/t10-/m0/s1. The van der Waals surface area contributed by atoms with Gasteiger partial charge >= 0.3 is 0 Å². The van der Waals surface area contributed by atoms with Crippen LogP contribution < -0.4 is 5.32 Å². The van der Waals surface area contributed by atoms with Gasteiger partial charge in [0.2, 0.25) is 5.91 Å². The van der Waals surface area contributed by atoms with Gasteiger partial charge in [0, 0.05) is 19.2 Å². The maximum absolute atomic E-state index is 11.6. The molecule has 1 aromatic rings. The second kappa shape index (κ2) is 5.61. The van der Waals surface area contributed by atoms with Crippen molar-refractivity contribution in [1.82, 2.24) is 4.98 Å². The predicted octanol–water partition coefficient (Wildman–Crippen LogP) is 1.98. The van der Waals surface area contributed by atoms with Gasteiger partial charge in [-0.15, -0.1) is 0 Å². The second-order valence-electron chi connectivity index (χ2n) is 3.94. The average molecular weight is 220 g/mol. The maximum atomic E-state index is 11.6. The average Bonchev–Trinajstić information content (AvgIpc) is 2.81. The van der Waals surface area contributed by atoms with E-state index in [1.165, 1.54) is 0 Å². The highest BCUT2D eigenvalue weighted by Crippen LogP contribution is 2.17. The quantitative estimate of drug-likeness (QED) is 0.844. The molecule has 0 radical (unpaired) electrons. The van der Waals surface area contributed by atoms with Crippen LogP contribution in [0.4, 0.5) is 5.82 Å². The van der Waals surface area contributed by atoms with E-state index in [-0.39, 0.29) is 12.0 Å². The van der Waals surface area contributed by atoms with E-state index in [0.29, 0.717) is 12.2 Å². The Bertz CT molecular complexity index is 334. The number of ether oxygens (including phenoxy) is 1. The largest absolute Gasteiger partial charge is 0.378 e. The Morgan fingerprint density at radius 3 is 3.19 bits per heavy atom. The van der Waals surface area contributed by atoms with Crippen molar-refractivity contribution in [3.63, 3.8) is 0 Å². The Morgan fingerprint density at radius 2 is 2.50 bits per heavy atom. The van der Waals surface area contributed by atoms with Crippen LogP contribution >= 0.6 is 0 Å². The van der Waals surface area contributed by atoms with Crippen LogP contribution in [0.3, 0.4) is 0 Å². The highest BCUT2D eigenvalue weighted by molar-refractivity contribution is 5.89. The minimum Gasteiger partial charge on any atom is -0.378 e. The van der Waals surface area contributed by atoms with Gasteiger partial charge in [-0.05, 0) is 31.4 Å². The van der Waals surface area contributed by atoms with Crippen LogP contribution in [-0.4, -0.2) is 23.6 Å². The third-order valence-electron chi connectivity index (χ3n) is 2.65. The number of anilines is 1. The van der Waals surface area contributed by atoms with Crippen molar-refractivity contribution in [3.8, 4) is 0 Å². The number of rotatable bonds is 4. The Hall–Kier alpha value is -1.42. The molecule has 1 fully saturated rings. The van der Waals surface area contributed by atoms with E-state index < -0.39 is 0 Å². The molecule has 1 aromatic heterocycles. The van der Waals surface area contributed by atoms with Crippen molar-refractivity contribution in [3.05, 3.63) is 24.4 Å². The zero-order valence-electron chi connectivity index (χ0n) is 9.19. The fourth-order valence-electron chi connectivity index (χ4n) is 1.81. The van der Waals surface area contributed by atoms with E-state index in [9.17, 15) is 4.79 Å². The molecule has 1 N–H and O–H groups in total. The number of nitrogens with zero attached hydrogens (tertiary/aromatic N) is 1. The van der Waals surface area contributed by atoms with Crippen LogP contribution in [-0.2, 0) is 9.53 Å². The summed E-state index contributed by atoms with van der Waals surface area (Å²) in [4.78, 5) is 15.6. The fourth-order valence-corrected chi connectivity index (χ4v) is 1.81. The van der Waals surface area contributed by atoms with Gasteiger partial charge in [0.1, 0.15) is 5.82 Å². The summed E-state index contributed by atoms with van der Waals surface area (Å²) in [6, 6.07) is 5.45. The van der Waals surface area contributed by atoms with Crippen molar-refractivity contribution in [2.24, 2.45) is 0 Å². The molecular weight excluding hydrogens is 204 g/mol. The van der Waals surface area contributed by atoms with Crippen LogP contribution in [0.2, 0.25) is 0 Å². The van der Waals surface area contributed by atoms with E-state index in [0.717, 1.165) is 25.9 Å². The number of carbonyl (C=O) groups excluding carboxylic acids is 1. The predicted molar refractivity (Wildman–Crippen MR) is 61.1 cm³/mol. The first-order valence-electron chi connectivity index (χ1n) is 5.67. The van der Waals surface area contributed by atoms with Crippen LogP contribution in [0.15, 0.2) is 24.4 Å². The summed E-state index contributed by atoms with van der Waals surface area (Å²) in [6.07, 6.45) is 5.44. The molecule has 2 heterocycles. The topological polar surface area (TPSA) is 51.2 Å². The van der Waals surface area contributed by atoms with Gasteiger partial charge in [0.15, 0.2) is 0 Å². The maximum Gasteiger partial charge on any atom is 0.225 e. The van der Waals surface area contributed by atoms with Gasteiger partial charge < -0.3 is 10.1 Å². The van der Waals surface area contributed by atoms with Gasteiger partial charge in [-0.1, -0.05) is 6.07 Å². The van der Waals surface area contributed by atoms with E-state index >= 15 is 0 Å². The molecule has 0 aliphatic carbocycles. The van der Waals surface area contributed by atoms with Crippen molar-refractivity contribution in [2.45, 2.75) is 31.8 Å². The monoisotopic (exact) mass is 220 g/mol. The van der Waals surface area contributed by atoms with Crippen molar-refractivity contribution >= 4 is 11.7 Å². The molecule has 1 aliphatic heterocycles. The molecule has 16 heavy (non-hydrogen) atoms. The Balaban J connectivity index is 1.72. The first-order chi connectivity index (χ1) is 7.84. The number of nitrogens with one attached hydrogen (secondary N) is 1. The molecule has 1 amide bonds. The summed E-state index contributed by atoms with van der Waals surface area (Å²) >= 11 is 0. The number of carbonyl (C=O) groups is 1. The van der Waals surface area contributed by atoms with E-state index in [4.69, 9.17) is 4.74 Å². The fraction of sp³-hybridized carbons (Fsp3) is 0.500. The summed E-state index contributed by atoms with van der Waals surface area (Å²) < 4.78 is 5.46. The molecule has 1 aliphatic rings. The molecule has 0 aromatic carbocycles. The molecule has 0 saturated carbocycles. The summed E-state index contributed by atoms with van der Waals surface area (Å²) in [5.74, 6) is 0.619. The van der Waals surface area contributed by atoms with Crippen molar-refractivity contribution < 1.29 is 9.53 Å². The second-order valence-corrected chi connectivity index (χ2v) is 3.94. The van der Waals surface area contributed by atoms with E-state index in [1.54, 1.807) is 12.3 Å². The van der Waals surface area contributed by atoms with Crippen molar-refractivity contribution in [1.29, 1.82) is 0 Å². The van der Waals surface area contributed by atoms with Gasteiger partial charge in [0.05, 0.1) is 6.10 Å². The van der Waals surface area contributed by atoms with Crippen LogP contribution in [0.5, 0.6) is 0 Å². The number of aromatic nitrogens is 1. The summed E-state index contributed by atoms with van der Waals surface area (Å²) in [5.41, 5.74) is 0. The first kappa shape index (κ1) is 11.1. The SMILES string of the molecule is O=C(CC[C@@H]1CCCO1)Nc1ccccn1. The zero-order chi connectivity index (χ0) is 11.2. The molecular formula is C12H16N2O2. The lowest BCUT2D eigenvalue weighted by Gasteiger charge is -2.08. The summed E-state index contributed by atoms with van der Waals surface area (Å²) in [7, 11) is 0. The lowest BCUT2D eigenvalue weighted by atomic mass is 10.1. The van der Waals surface area contributed by atoms with Crippen LogP contribution in [0, 0.1) is 0 Å². The third-order valence-corrected chi connectivity index (χ3v) is 2.65. The minimum atomic E-state index is 0.00852. The number of amides is 1. The van der Waals surface area contributed by atoms with E-state index in [2.05, 4.69) is 10.3 Å². The smallest absolute Gasteiger partial charge is 0.225 e. The highest BCUT2D eigenvalue weighted by Gasteiger charge is 2.16. The van der Waals surface area contributed by atoms with Gasteiger partial charge in [-0.2, -0.15) is 0 Å². The van der Waals surface area contributed by atoms with Crippen molar-refractivity contribution in [2.75, 3.05) is 11.9 Å². The normalized spacial score (nSPS) is 19.6. The third kappa shape index (κ3) is 3.31. The molecule has 86 valence electrons. The van der Waals surface area contributed by atoms with Gasteiger partial charge in [0.25, 0.3) is 0 Å². The molecule has 0 unspecified atom stereocenters. The Morgan fingerprint density at radius 1 is 1.56 bits per heavy atom. The molecule has 2 rings (SSSR count). The molecule has 1 saturated heterocycles. The van der Waals surface area contributed by atoms with Gasteiger partial charge in [-0.3, -0.25) is 4.79 Å². The molecule has 1 atom stereocenters. The minimum absolute atomic E-state index is 0.00852. The molecule has 4 nitrogen and oxygen atoms in total. The Labute approximate surface area is 95.0 Å². The summed E-state index contributed by atoms with van der Waals surface area (Å²) in [5, 5.41) is 2.76. The number of hydrogen-bond acceptors (Lipinski definition) is 3. The molecule has 4 heteroatoms. The van der Waals surface area contributed by atoms with E-state index in [1.807, 2.05) is 12.1 Å². The van der Waals surface area contributed by atoms with Crippen LogP contribution in [0.25, 0.3) is 0 Å². The highest BCUT2D eigenvalue weighted by atomic mass is 16.5. The summed E-state index contributed by atoms with van der Waals surface area (Å²) in [6.45, 7) is 0.840. The number of hydrogen-bond donors (Lipinski definition) is 1. The molecule has 0 spiro atoms. The number of pyridine rings is 1. The Kier molecular flexibility index (Phi) is 3.88. The molecule has 0 bridgehead atoms. The first-order valence-corrected chi connectivity index (χ1v) is 5.67. The van der Waals surface area contributed by atoms with Crippen LogP contribution in [0.1, 0.15) is 25.7 Å².